The first kappa shape index (κ1) is 17.0. The van der Waals surface area contributed by atoms with Crippen molar-refractivity contribution < 1.29 is 9.72 Å². The Morgan fingerprint density at radius 2 is 2.00 bits per heavy atom. The zero-order valence-corrected chi connectivity index (χ0v) is 14.1. The van der Waals surface area contributed by atoms with Crippen molar-refractivity contribution in [2.45, 2.75) is 13.0 Å². The summed E-state index contributed by atoms with van der Waals surface area (Å²) in [5.41, 5.74) is 1.26. The molecule has 3 aromatic rings. The van der Waals surface area contributed by atoms with Crippen LogP contribution in [0.2, 0.25) is 5.02 Å². The summed E-state index contributed by atoms with van der Waals surface area (Å²) in [7, 11) is 0. The molecule has 1 N–H and O–H groups in total. The number of hydrogen-bond donors (Lipinski definition) is 1. The lowest BCUT2D eigenvalue weighted by atomic mass is 10.2. The van der Waals surface area contributed by atoms with Gasteiger partial charge in [-0.3, -0.25) is 14.9 Å². The number of hydrogen-bond acceptors (Lipinski definition) is 3. The van der Waals surface area contributed by atoms with Crippen LogP contribution in [0.4, 0.5) is 5.69 Å². The third-order valence-electron chi connectivity index (χ3n) is 3.95. The minimum atomic E-state index is -0.547. The van der Waals surface area contributed by atoms with Crippen LogP contribution < -0.4 is 5.32 Å². The molecule has 0 fully saturated rings. The molecule has 1 heterocycles. The van der Waals surface area contributed by atoms with Gasteiger partial charge in [-0.25, -0.2) is 0 Å². The summed E-state index contributed by atoms with van der Waals surface area (Å²) in [6, 6.07) is 14.0. The number of halogens is 1. The second kappa shape index (κ2) is 7.36. The summed E-state index contributed by atoms with van der Waals surface area (Å²) in [6.07, 6.45) is 2.79. The summed E-state index contributed by atoms with van der Waals surface area (Å²) < 4.78 is 2.14. The minimum Gasteiger partial charge on any atom is -0.352 e. The second-order valence-electron chi connectivity index (χ2n) is 5.60. The van der Waals surface area contributed by atoms with E-state index >= 15 is 0 Å². The van der Waals surface area contributed by atoms with Gasteiger partial charge in [-0.2, -0.15) is 0 Å². The maximum atomic E-state index is 12.1. The van der Waals surface area contributed by atoms with E-state index in [1.54, 1.807) is 0 Å². The second-order valence-corrected chi connectivity index (χ2v) is 6.01. The molecular weight excluding hydrogens is 342 g/mol. The van der Waals surface area contributed by atoms with Crippen molar-refractivity contribution in [3.63, 3.8) is 0 Å². The van der Waals surface area contributed by atoms with E-state index in [-0.39, 0.29) is 22.2 Å². The van der Waals surface area contributed by atoms with Crippen LogP contribution in [0.25, 0.3) is 10.9 Å². The summed E-state index contributed by atoms with van der Waals surface area (Å²) in [6.45, 7) is 1.26. The molecule has 6 nitrogen and oxygen atoms in total. The SMILES string of the molecule is O=C(NCCCn1ccc2ccccc21)c1ccc([N+](=O)[O-])cc1Cl. The molecule has 7 heteroatoms. The lowest BCUT2D eigenvalue weighted by molar-refractivity contribution is -0.384. The number of aryl methyl sites for hydroxylation is 1. The number of nitrogens with zero attached hydrogens (tertiary/aromatic N) is 2. The highest BCUT2D eigenvalue weighted by molar-refractivity contribution is 6.34. The highest BCUT2D eigenvalue weighted by Crippen LogP contribution is 2.22. The van der Waals surface area contributed by atoms with Crippen molar-refractivity contribution >= 4 is 34.1 Å². The molecule has 0 spiro atoms. The summed E-state index contributed by atoms with van der Waals surface area (Å²) in [5.74, 6) is -0.336. The Bertz CT molecular complexity index is 936. The molecule has 0 unspecified atom stereocenters. The van der Waals surface area contributed by atoms with Gasteiger partial charge in [0.1, 0.15) is 0 Å². The standard InChI is InChI=1S/C18H16ClN3O3/c19-16-12-14(22(24)25)6-7-15(16)18(23)20-9-3-10-21-11-8-13-4-1-2-5-17(13)21/h1-2,4-8,11-12H,3,9-10H2,(H,20,23). The van der Waals surface area contributed by atoms with Gasteiger partial charge in [0.05, 0.1) is 15.5 Å². The molecule has 0 aliphatic rings. The number of non-ortho nitro benzene ring substituents is 1. The highest BCUT2D eigenvalue weighted by atomic mass is 35.5. The zero-order chi connectivity index (χ0) is 17.8. The lowest BCUT2D eigenvalue weighted by Gasteiger charge is -2.08. The fraction of sp³-hybridized carbons (Fsp3) is 0.167. The molecule has 25 heavy (non-hydrogen) atoms. The number of carbonyl (C=O) groups excluding carboxylic acids is 1. The van der Waals surface area contributed by atoms with Crippen LogP contribution in [0.1, 0.15) is 16.8 Å². The molecule has 0 saturated carbocycles. The lowest BCUT2D eigenvalue weighted by Crippen LogP contribution is -2.25. The average Bonchev–Trinajstić information content (AvgIpc) is 3.01. The first-order valence-electron chi connectivity index (χ1n) is 7.82. The summed E-state index contributed by atoms with van der Waals surface area (Å²) in [5, 5.41) is 14.7. The van der Waals surface area contributed by atoms with Gasteiger partial charge in [0.2, 0.25) is 0 Å². The van der Waals surface area contributed by atoms with Gasteiger partial charge in [-0.1, -0.05) is 29.8 Å². The van der Waals surface area contributed by atoms with Gasteiger partial charge >= 0.3 is 0 Å². The summed E-state index contributed by atoms with van der Waals surface area (Å²) in [4.78, 5) is 22.3. The van der Waals surface area contributed by atoms with Gasteiger partial charge in [0.15, 0.2) is 0 Å². The Balaban J connectivity index is 1.55. The number of aromatic nitrogens is 1. The smallest absolute Gasteiger partial charge is 0.270 e. The molecule has 1 amide bonds. The van der Waals surface area contributed by atoms with Crippen molar-refractivity contribution in [3.05, 3.63) is 75.4 Å². The normalized spacial score (nSPS) is 10.8. The topological polar surface area (TPSA) is 77.2 Å². The first-order chi connectivity index (χ1) is 12.1. The number of nitro benzene ring substituents is 1. The van der Waals surface area contributed by atoms with Crippen LogP contribution in [0.15, 0.2) is 54.7 Å². The summed E-state index contributed by atoms with van der Waals surface area (Å²) >= 11 is 5.96. The number of rotatable bonds is 6. The Morgan fingerprint density at radius 1 is 1.20 bits per heavy atom. The number of carbonyl (C=O) groups is 1. The van der Waals surface area contributed by atoms with Crippen molar-refractivity contribution in [2.75, 3.05) is 6.54 Å². The fourth-order valence-corrected chi connectivity index (χ4v) is 2.94. The Hall–Kier alpha value is -2.86. The van der Waals surface area contributed by atoms with Gasteiger partial charge in [0, 0.05) is 36.9 Å². The van der Waals surface area contributed by atoms with Crippen molar-refractivity contribution in [3.8, 4) is 0 Å². The highest BCUT2D eigenvalue weighted by Gasteiger charge is 2.14. The van der Waals surface area contributed by atoms with Crippen molar-refractivity contribution in [1.82, 2.24) is 9.88 Å². The molecule has 3 rings (SSSR count). The van der Waals surface area contributed by atoms with E-state index in [9.17, 15) is 14.9 Å². The van der Waals surface area contributed by atoms with Crippen molar-refractivity contribution in [2.24, 2.45) is 0 Å². The largest absolute Gasteiger partial charge is 0.352 e. The molecule has 0 aliphatic heterocycles. The van der Waals surface area contributed by atoms with E-state index in [2.05, 4.69) is 28.1 Å². The molecule has 1 aromatic heterocycles. The van der Waals surface area contributed by atoms with Crippen LogP contribution in [0, 0.1) is 10.1 Å². The van der Waals surface area contributed by atoms with Crippen LogP contribution >= 0.6 is 11.6 Å². The third kappa shape index (κ3) is 3.80. The van der Waals surface area contributed by atoms with E-state index in [4.69, 9.17) is 11.6 Å². The van der Waals surface area contributed by atoms with E-state index in [1.807, 2.05) is 18.3 Å². The predicted octanol–water partition coefficient (Wildman–Crippen LogP) is 4.02. The van der Waals surface area contributed by atoms with Gasteiger partial charge in [0.25, 0.3) is 11.6 Å². The number of nitrogens with one attached hydrogen (secondary N) is 1. The minimum absolute atomic E-state index is 0.0723. The molecule has 0 radical (unpaired) electrons. The number of amides is 1. The fourth-order valence-electron chi connectivity index (χ4n) is 2.68. The maximum Gasteiger partial charge on any atom is 0.270 e. The molecule has 0 bridgehead atoms. The van der Waals surface area contributed by atoms with Crippen LogP contribution in [0.5, 0.6) is 0 Å². The molecular formula is C18H16ClN3O3. The van der Waals surface area contributed by atoms with E-state index < -0.39 is 4.92 Å². The predicted molar refractivity (Wildman–Crippen MR) is 97.0 cm³/mol. The van der Waals surface area contributed by atoms with Crippen molar-refractivity contribution in [1.29, 1.82) is 0 Å². The molecule has 0 aliphatic carbocycles. The first-order valence-corrected chi connectivity index (χ1v) is 8.20. The van der Waals surface area contributed by atoms with E-state index in [0.29, 0.717) is 6.54 Å². The monoisotopic (exact) mass is 357 g/mol. The van der Waals surface area contributed by atoms with Crippen LogP contribution in [-0.2, 0) is 6.54 Å². The maximum absolute atomic E-state index is 12.1. The number of nitro groups is 1. The molecule has 2 aromatic carbocycles. The van der Waals surface area contributed by atoms with Gasteiger partial charge in [-0.05, 0) is 30.0 Å². The third-order valence-corrected chi connectivity index (χ3v) is 4.26. The number of fused-ring (bicyclic) bond motifs is 1. The Morgan fingerprint density at radius 3 is 2.76 bits per heavy atom. The Kier molecular flexibility index (Phi) is 5.00. The zero-order valence-electron chi connectivity index (χ0n) is 13.3. The van der Waals surface area contributed by atoms with Gasteiger partial charge in [-0.15, -0.1) is 0 Å². The Labute approximate surface area is 149 Å². The van der Waals surface area contributed by atoms with Crippen LogP contribution in [0.3, 0.4) is 0 Å². The number of benzene rings is 2. The number of para-hydroxylation sites is 1. The molecule has 128 valence electrons. The van der Waals surface area contributed by atoms with E-state index in [0.717, 1.165) is 18.5 Å². The molecule has 0 saturated heterocycles. The molecule has 0 atom stereocenters. The average molecular weight is 358 g/mol. The van der Waals surface area contributed by atoms with Crippen LogP contribution in [-0.4, -0.2) is 21.9 Å². The van der Waals surface area contributed by atoms with E-state index in [1.165, 1.54) is 23.6 Å². The van der Waals surface area contributed by atoms with Gasteiger partial charge < -0.3 is 9.88 Å². The quantitative estimate of drug-likeness (QED) is 0.411.